The van der Waals surface area contributed by atoms with E-state index >= 15 is 0 Å². The first-order valence-electron chi connectivity index (χ1n) is 6.77. The average molecular weight is 311 g/mol. The number of pyridine rings is 1. The largest absolute Gasteiger partial charge is 0.388 e. The minimum Gasteiger partial charge on any atom is -0.388 e. The molecule has 4 aromatic rings. The number of benzene rings is 1. The number of hydrogen-bond acceptors (Lipinski definition) is 4. The van der Waals surface area contributed by atoms with E-state index in [1.54, 1.807) is 28.9 Å². The average Bonchev–Trinajstić information content (AvgIpc) is 3.13. The van der Waals surface area contributed by atoms with Crippen LogP contribution in [-0.4, -0.2) is 10.1 Å². The molecule has 1 unspecified atom stereocenters. The zero-order valence-corrected chi connectivity index (χ0v) is 12.8. The van der Waals surface area contributed by atoms with Crippen LogP contribution < -0.4 is 0 Å². The topological polar surface area (TPSA) is 33.1 Å². The van der Waals surface area contributed by atoms with Crippen molar-refractivity contribution in [3.05, 3.63) is 64.5 Å². The highest BCUT2D eigenvalue weighted by molar-refractivity contribution is 7.17. The van der Waals surface area contributed by atoms with Crippen molar-refractivity contribution in [3.63, 3.8) is 0 Å². The Morgan fingerprint density at radius 2 is 2.00 bits per heavy atom. The van der Waals surface area contributed by atoms with Crippen molar-refractivity contribution in [2.45, 2.75) is 12.5 Å². The maximum atomic E-state index is 10.5. The second kappa shape index (κ2) is 5.22. The number of aliphatic hydroxyl groups is 1. The van der Waals surface area contributed by atoms with Crippen LogP contribution in [0.1, 0.15) is 17.2 Å². The van der Waals surface area contributed by atoms with Gasteiger partial charge in [0.05, 0.1) is 16.3 Å². The van der Waals surface area contributed by atoms with Gasteiger partial charge in [-0.1, -0.05) is 18.2 Å². The van der Waals surface area contributed by atoms with Crippen molar-refractivity contribution in [1.82, 2.24) is 4.98 Å². The third-order valence-corrected chi connectivity index (χ3v) is 5.55. The number of fused-ring (bicyclic) bond motifs is 2. The van der Waals surface area contributed by atoms with Gasteiger partial charge in [-0.25, -0.2) is 0 Å². The van der Waals surface area contributed by atoms with Gasteiger partial charge in [0.1, 0.15) is 0 Å². The summed E-state index contributed by atoms with van der Waals surface area (Å²) in [5, 5.41) is 15.9. The van der Waals surface area contributed by atoms with Gasteiger partial charge in [0.25, 0.3) is 0 Å². The lowest BCUT2D eigenvalue weighted by Gasteiger charge is -2.10. The zero-order valence-electron chi connectivity index (χ0n) is 11.2. The second-order valence-corrected chi connectivity index (χ2v) is 6.91. The summed E-state index contributed by atoms with van der Waals surface area (Å²) in [7, 11) is 0. The predicted molar refractivity (Wildman–Crippen MR) is 90.1 cm³/mol. The lowest BCUT2D eigenvalue weighted by molar-refractivity contribution is 0.179. The molecule has 0 bridgehead atoms. The van der Waals surface area contributed by atoms with Crippen LogP contribution in [0.3, 0.4) is 0 Å². The van der Waals surface area contributed by atoms with E-state index in [1.807, 2.05) is 29.6 Å². The van der Waals surface area contributed by atoms with Crippen LogP contribution in [0.2, 0.25) is 0 Å². The van der Waals surface area contributed by atoms with Crippen molar-refractivity contribution >= 4 is 43.0 Å². The molecule has 0 aliphatic carbocycles. The summed E-state index contributed by atoms with van der Waals surface area (Å²) < 4.78 is 2.40. The number of hydrogen-bond donors (Lipinski definition) is 1. The molecule has 0 saturated carbocycles. The fraction of sp³-hybridized carbons (Fsp3) is 0.118. The van der Waals surface area contributed by atoms with Crippen LogP contribution in [0, 0.1) is 0 Å². The third kappa shape index (κ3) is 2.35. The molecule has 4 rings (SSSR count). The monoisotopic (exact) mass is 311 g/mol. The smallest absolute Gasteiger partial charge is 0.0846 e. The summed E-state index contributed by atoms with van der Waals surface area (Å²) >= 11 is 3.39. The maximum Gasteiger partial charge on any atom is 0.0846 e. The van der Waals surface area contributed by atoms with Gasteiger partial charge in [-0.2, -0.15) is 0 Å². The quantitative estimate of drug-likeness (QED) is 0.590. The van der Waals surface area contributed by atoms with Gasteiger partial charge in [0.2, 0.25) is 0 Å². The molecule has 1 atom stereocenters. The molecular weight excluding hydrogens is 298 g/mol. The molecule has 21 heavy (non-hydrogen) atoms. The standard InChI is InChI=1S/C17H13NOS2/c19-15(11-8-17-14(18-9-11)5-6-20-17)7-12-10-21-16-4-2-1-3-13(12)16/h1-6,8-10,15,19H,7H2. The van der Waals surface area contributed by atoms with Crippen LogP contribution in [0.5, 0.6) is 0 Å². The molecule has 0 aliphatic rings. The van der Waals surface area contributed by atoms with Crippen LogP contribution in [0.25, 0.3) is 20.3 Å². The van der Waals surface area contributed by atoms with Crippen molar-refractivity contribution in [1.29, 1.82) is 0 Å². The minimum absolute atomic E-state index is 0.512. The molecule has 0 aliphatic heterocycles. The van der Waals surface area contributed by atoms with Crippen LogP contribution in [0.4, 0.5) is 0 Å². The molecule has 0 radical (unpaired) electrons. The molecule has 0 saturated heterocycles. The molecule has 0 fully saturated rings. The summed E-state index contributed by atoms with van der Waals surface area (Å²) in [6.07, 6.45) is 1.90. The van der Waals surface area contributed by atoms with Crippen LogP contribution in [-0.2, 0) is 6.42 Å². The third-order valence-electron chi connectivity index (χ3n) is 3.68. The number of aromatic nitrogens is 1. The van der Waals surface area contributed by atoms with Gasteiger partial charge in [-0.05, 0) is 39.9 Å². The Hall–Kier alpha value is -1.75. The SMILES string of the molecule is OC(Cc1csc2ccccc12)c1cnc2ccsc2c1. The number of nitrogens with zero attached hydrogens (tertiary/aromatic N) is 1. The number of thiophene rings is 2. The van der Waals surface area contributed by atoms with E-state index in [-0.39, 0.29) is 0 Å². The van der Waals surface area contributed by atoms with Gasteiger partial charge < -0.3 is 5.11 Å². The summed E-state index contributed by atoms with van der Waals surface area (Å²) in [6.45, 7) is 0. The van der Waals surface area contributed by atoms with E-state index in [0.717, 1.165) is 15.8 Å². The summed E-state index contributed by atoms with van der Waals surface area (Å²) in [5.74, 6) is 0. The summed E-state index contributed by atoms with van der Waals surface area (Å²) in [5.41, 5.74) is 3.09. The zero-order chi connectivity index (χ0) is 14.2. The predicted octanol–water partition coefficient (Wildman–Crippen LogP) is 4.79. The Labute approximate surface area is 130 Å². The molecule has 0 amide bonds. The highest BCUT2D eigenvalue weighted by atomic mass is 32.1. The Kier molecular flexibility index (Phi) is 3.22. The van der Waals surface area contributed by atoms with Crippen molar-refractivity contribution in [2.24, 2.45) is 0 Å². The van der Waals surface area contributed by atoms with Crippen molar-refractivity contribution in [3.8, 4) is 0 Å². The van der Waals surface area contributed by atoms with Gasteiger partial charge >= 0.3 is 0 Å². The van der Waals surface area contributed by atoms with E-state index in [2.05, 4.69) is 22.5 Å². The van der Waals surface area contributed by atoms with Gasteiger partial charge in [0, 0.05) is 22.9 Å². The highest BCUT2D eigenvalue weighted by Gasteiger charge is 2.13. The Bertz CT molecular complexity index is 909. The molecule has 1 N–H and O–H groups in total. The fourth-order valence-corrected chi connectivity index (χ4v) is 4.33. The Balaban J connectivity index is 1.66. The lowest BCUT2D eigenvalue weighted by Crippen LogP contribution is -2.01. The first-order valence-corrected chi connectivity index (χ1v) is 8.53. The molecule has 1 aromatic carbocycles. The molecule has 0 spiro atoms. The van der Waals surface area contributed by atoms with E-state index in [9.17, 15) is 5.11 Å². The van der Waals surface area contributed by atoms with E-state index in [0.29, 0.717) is 6.42 Å². The minimum atomic E-state index is -0.512. The normalized spacial score (nSPS) is 13.0. The molecule has 3 aromatic heterocycles. The van der Waals surface area contributed by atoms with E-state index < -0.39 is 6.10 Å². The number of rotatable bonds is 3. The molecule has 2 nitrogen and oxygen atoms in total. The first-order chi connectivity index (χ1) is 10.3. The summed E-state index contributed by atoms with van der Waals surface area (Å²) in [6, 6.07) is 12.4. The van der Waals surface area contributed by atoms with Crippen molar-refractivity contribution < 1.29 is 5.11 Å². The molecular formula is C17H13NOS2. The second-order valence-electron chi connectivity index (χ2n) is 5.05. The van der Waals surface area contributed by atoms with Gasteiger partial charge in [0.15, 0.2) is 0 Å². The van der Waals surface area contributed by atoms with E-state index in [1.165, 1.54) is 15.6 Å². The van der Waals surface area contributed by atoms with Crippen LogP contribution >= 0.6 is 22.7 Å². The Morgan fingerprint density at radius 3 is 2.95 bits per heavy atom. The maximum absolute atomic E-state index is 10.5. The fourth-order valence-electron chi connectivity index (χ4n) is 2.56. The first kappa shape index (κ1) is 13.0. The van der Waals surface area contributed by atoms with Gasteiger partial charge in [-0.15, -0.1) is 22.7 Å². The molecule has 104 valence electrons. The van der Waals surface area contributed by atoms with Gasteiger partial charge in [-0.3, -0.25) is 4.98 Å². The molecule has 3 heterocycles. The van der Waals surface area contributed by atoms with Crippen molar-refractivity contribution in [2.75, 3.05) is 0 Å². The molecule has 4 heteroatoms. The van der Waals surface area contributed by atoms with Crippen LogP contribution in [0.15, 0.2) is 53.4 Å². The van der Waals surface area contributed by atoms with E-state index in [4.69, 9.17) is 0 Å². The number of aliphatic hydroxyl groups excluding tert-OH is 1. The summed E-state index contributed by atoms with van der Waals surface area (Å²) in [4.78, 5) is 4.41. The highest BCUT2D eigenvalue weighted by Crippen LogP contribution is 2.30. The Morgan fingerprint density at radius 1 is 1.10 bits per heavy atom. The lowest BCUT2D eigenvalue weighted by atomic mass is 10.0.